The lowest BCUT2D eigenvalue weighted by atomic mass is 10.6. The minimum absolute atomic E-state index is 0.322. The second-order valence-corrected chi connectivity index (χ2v) is 2.15. The Morgan fingerprint density at radius 2 is 2.62 bits per heavy atom. The highest BCUT2D eigenvalue weighted by Gasteiger charge is 1.95. The summed E-state index contributed by atoms with van der Waals surface area (Å²) in [5.41, 5.74) is 0. The first kappa shape index (κ1) is 5.37. The summed E-state index contributed by atoms with van der Waals surface area (Å²) < 4.78 is 11.9. The summed E-state index contributed by atoms with van der Waals surface area (Å²) >= 11 is 0.742. The van der Waals surface area contributed by atoms with Crippen LogP contribution in [-0.4, -0.2) is 11.3 Å². The van der Waals surface area contributed by atoms with E-state index in [0.717, 1.165) is 11.3 Å². The third-order valence-corrected chi connectivity index (χ3v) is 1.32. The van der Waals surface area contributed by atoms with Crippen molar-refractivity contribution >= 4 is 17.6 Å². The first-order valence-corrected chi connectivity index (χ1v) is 2.71. The first-order chi connectivity index (χ1) is 3.83. The molecule has 42 valence electrons. The van der Waals surface area contributed by atoms with Crippen molar-refractivity contribution in [2.24, 2.45) is 0 Å². The van der Waals surface area contributed by atoms with E-state index in [-0.39, 0.29) is 0 Å². The Hall–Kier alpha value is -0.770. The summed E-state index contributed by atoms with van der Waals surface area (Å²) in [7, 11) is 0. The molecular formula is C4H2FNOS. The number of carbonyl (C=O) groups is 1. The third kappa shape index (κ3) is 0.894. The van der Waals surface area contributed by atoms with Crippen LogP contribution in [-0.2, 0) is 0 Å². The van der Waals surface area contributed by atoms with Crippen LogP contribution < -0.4 is 0 Å². The zero-order valence-corrected chi connectivity index (χ0v) is 4.61. The molecule has 8 heavy (non-hydrogen) atoms. The number of thiazole rings is 1. The molecule has 4 heteroatoms. The van der Waals surface area contributed by atoms with Gasteiger partial charge in [0.25, 0.3) is 5.26 Å². The summed E-state index contributed by atoms with van der Waals surface area (Å²) in [5.74, 6) is 0. The monoisotopic (exact) mass is 131 g/mol. The van der Waals surface area contributed by atoms with Crippen LogP contribution in [0.4, 0.5) is 4.39 Å². The highest BCUT2D eigenvalue weighted by molar-refractivity contribution is 7.11. The Bertz CT molecular complexity index is 198. The van der Waals surface area contributed by atoms with Crippen LogP contribution in [0.2, 0.25) is 0 Å². The molecule has 0 bridgehead atoms. The average Bonchev–Trinajstić information content (AvgIpc) is 2.14. The summed E-state index contributed by atoms with van der Waals surface area (Å²) in [6.45, 7) is 0. The van der Waals surface area contributed by atoms with Gasteiger partial charge in [-0.2, -0.15) is 4.39 Å². The maximum atomic E-state index is 11.9. The molecule has 0 spiro atoms. The fraction of sp³-hybridized carbons (Fsp3) is 0. The van der Waals surface area contributed by atoms with Gasteiger partial charge in [-0.25, -0.2) is 4.98 Å². The van der Waals surface area contributed by atoms with Gasteiger partial charge in [-0.05, 0) is 0 Å². The molecular weight excluding hydrogens is 129 g/mol. The van der Waals surface area contributed by atoms with Crippen LogP contribution in [0.5, 0.6) is 0 Å². The largest absolute Gasteiger partial charge is 0.297 e. The first-order valence-electron chi connectivity index (χ1n) is 1.89. The second-order valence-electron chi connectivity index (χ2n) is 1.13. The maximum absolute atomic E-state index is 11.9. The molecule has 1 heterocycles. The van der Waals surface area contributed by atoms with Crippen molar-refractivity contribution in [3.05, 3.63) is 16.3 Å². The molecule has 0 amide bonds. The fourth-order valence-electron chi connectivity index (χ4n) is 0.319. The van der Waals surface area contributed by atoms with Gasteiger partial charge in [0, 0.05) is 0 Å². The molecule has 2 nitrogen and oxygen atoms in total. The number of rotatable bonds is 1. The lowest BCUT2D eigenvalue weighted by Gasteiger charge is -1.65. The molecule has 0 fully saturated rings. The predicted molar refractivity (Wildman–Crippen MR) is 27.5 cm³/mol. The molecule has 0 unspecified atom stereocenters. The summed E-state index contributed by atoms with van der Waals surface area (Å²) in [6, 6.07) is 0. The Kier molecular flexibility index (Phi) is 1.34. The van der Waals surface area contributed by atoms with Gasteiger partial charge in [-0.1, -0.05) is 11.3 Å². The lowest BCUT2D eigenvalue weighted by molar-refractivity contribution is 0.112. The zero-order valence-electron chi connectivity index (χ0n) is 3.80. The Morgan fingerprint density at radius 3 is 2.88 bits per heavy atom. The van der Waals surface area contributed by atoms with Crippen molar-refractivity contribution < 1.29 is 9.18 Å². The number of nitrogens with zero attached hydrogens (tertiary/aromatic N) is 1. The molecule has 0 N–H and O–H groups in total. The minimum atomic E-state index is -0.563. The van der Waals surface area contributed by atoms with Crippen molar-refractivity contribution in [1.29, 1.82) is 0 Å². The van der Waals surface area contributed by atoms with Crippen LogP contribution in [0.3, 0.4) is 0 Å². The van der Waals surface area contributed by atoms with E-state index in [1.165, 1.54) is 6.20 Å². The summed E-state index contributed by atoms with van der Waals surface area (Å²) in [4.78, 5) is 13.4. The van der Waals surface area contributed by atoms with Crippen LogP contribution >= 0.6 is 11.3 Å². The molecule has 1 aromatic rings. The van der Waals surface area contributed by atoms with Crippen molar-refractivity contribution in [3.8, 4) is 0 Å². The van der Waals surface area contributed by atoms with Gasteiger partial charge >= 0.3 is 0 Å². The number of halogens is 1. The zero-order chi connectivity index (χ0) is 5.98. The van der Waals surface area contributed by atoms with Crippen LogP contribution in [0, 0.1) is 5.26 Å². The van der Waals surface area contributed by atoms with Crippen LogP contribution in [0.1, 0.15) is 9.67 Å². The van der Waals surface area contributed by atoms with E-state index >= 15 is 0 Å². The van der Waals surface area contributed by atoms with E-state index < -0.39 is 5.26 Å². The Balaban J connectivity index is 3.00. The molecule has 0 atom stereocenters. The molecule has 1 rings (SSSR count). The van der Waals surface area contributed by atoms with Gasteiger partial charge in [0.1, 0.15) is 0 Å². The smallest absolute Gasteiger partial charge is 0.269 e. The van der Waals surface area contributed by atoms with Gasteiger partial charge in [0.2, 0.25) is 0 Å². The van der Waals surface area contributed by atoms with Gasteiger partial charge in [-0.15, -0.1) is 0 Å². The van der Waals surface area contributed by atoms with Crippen molar-refractivity contribution in [2.45, 2.75) is 0 Å². The van der Waals surface area contributed by atoms with E-state index in [0.29, 0.717) is 11.2 Å². The number of hydrogen-bond donors (Lipinski definition) is 0. The van der Waals surface area contributed by atoms with Crippen LogP contribution in [0.25, 0.3) is 0 Å². The SMILES string of the molecule is O=Cc1cnc(F)s1. The van der Waals surface area contributed by atoms with Crippen molar-refractivity contribution in [2.75, 3.05) is 0 Å². The molecule has 0 aromatic carbocycles. The Labute approximate surface area is 49.0 Å². The number of aldehydes is 1. The standard InChI is InChI=1S/C4H2FNOS/c5-4-6-1-3(2-7)8-4/h1-2H. The molecule has 0 aliphatic heterocycles. The second kappa shape index (κ2) is 2.00. The molecule has 0 aliphatic carbocycles. The normalized spacial score (nSPS) is 9.12. The topological polar surface area (TPSA) is 30.0 Å². The van der Waals surface area contributed by atoms with Gasteiger partial charge in [0.05, 0.1) is 11.1 Å². The molecule has 0 saturated heterocycles. The van der Waals surface area contributed by atoms with Gasteiger partial charge in [-0.3, -0.25) is 4.79 Å². The van der Waals surface area contributed by atoms with E-state index in [1.54, 1.807) is 0 Å². The summed E-state index contributed by atoms with van der Waals surface area (Å²) in [5, 5.41) is -0.563. The van der Waals surface area contributed by atoms with Crippen molar-refractivity contribution in [3.63, 3.8) is 0 Å². The van der Waals surface area contributed by atoms with Gasteiger partial charge < -0.3 is 0 Å². The number of hydrogen-bond acceptors (Lipinski definition) is 3. The lowest BCUT2D eigenvalue weighted by Crippen LogP contribution is -1.63. The average molecular weight is 131 g/mol. The van der Waals surface area contributed by atoms with E-state index in [2.05, 4.69) is 4.98 Å². The van der Waals surface area contributed by atoms with Crippen LogP contribution in [0.15, 0.2) is 6.20 Å². The number of carbonyl (C=O) groups excluding carboxylic acids is 1. The molecule has 0 radical (unpaired) electrons. The van der Waals surface area contributed by atoms with E-state index in [1.807, 2.05) is 0 Å². The highest BCUT2D eigenvalue weighted by atomic mass is 32.1. The number of aromatic nitrogens is 1. The minimum Gasteiger partial charge on any atom is -0.297 e. The summed E-state index contributed by atoms with van der Waals surface area (Å²) in [6.07, 6.45) is 1.77. The quantitative estimate of drug-likeness (QED) is 0.534. The van der Waals surface area contributed by atoms with E-state index in [9.17, 15) is 9.18 Å². The van der Waals surface area contributed by atoms with Crippen molar-refractivity contribution in [1.82, 2.24) is 4.98 Å². The fourth-order valence-corrected chi connectivity index (χ4v) is 0.772. The molecule has 0 saturated carbocycles. The molecule has 1 aromatic heterocycles. The third-order valence-electron chi connectivity index (χ3n) is 0.612. The van der Waals surface area contributed by atoms with Gasteiger partial charge in [0.15, 0.2) is 6.29 Å². The Morgan fingerprint density at radius 1 is 1.88 bits per heavy atom. The van der Waals surface area contributed by atoms with E-state index in [4.69, 9.17) is 0 Å². The maximum Gasteiger partial charge on any atom is 0.269 e. The predicted octanol–water partition coefficient (Wildman–Crippen LogP) is 1.09. The highest BCUT2D eigenvalue weighted by Crippen LogP contribution is 2.06. The molecule has 0 aliphatic rings.